The molecule has 2 aromatic carbocycles. The quantitative estimate of drug-likeness (QED) is 0.603. The topological polar surface area (TPSA) is 49.4 Å². The van der Waals surface area contributed by atoms with Crippen molar-refractivity contribution in [2.24, 2.45) is 0 Å². The van der Waals surface area contributed by atoms with Crippen molar-refractivity contribution in [3.05, 3.63) is 70.8 Å². The Morgan fingerprint density at radius 3 is 2.13 bits per heavy atom. The first-order valence-electron chi connectivity index (χ1n) is 11.4. The van der Waals surface area contributed by atoms with E-state index in [4.69, 9.17) is 0 Å². The summed E-state index contributed by atoms with van der Waals surface area (Å²) in [6, 6.07) is 16.0. The minimum Gasteiger partial charge on any atom is -0.350 e. The number of hydrogen-bond donors (Lipinski definition) is 1. The molecule has 0 aliphatic carbocycles. The minimum atomic E-state index is -0.492. The van der Waals surface area contributed by atoms with Crippen molar-refractivity contribution < 1.29 is 9.59 Å². The van der Waals surface area contributed by atoms with Crippen LogP contribution in [0.2, 0.25) is 0 Å². The molecule has 0 aliphatic heterocycles. The number of aryl methyl sites for hydroxylation is 3. The normalized spacial score (nSPS) is 12.3. The third kappa shape index (κ3) is 7.54. The molecule has 0 bridgehead atoms. The van der Waals surface area contributed by atoms with E-state index in [9.17, 15) is 9.59 Å². The van der Waals surface area contributed by atoms with Gasteiger partial charge < -0.3 is 10.2 Å². The Hall–Kier alpha value is -2.62. The molecule has 0 spiro atoms. The van der Waals surface area contributed by atoms with Gasteiger partial charge in [0, 0.05) is 18.5 Å². The minimum absolute atomic E-state index is 0.0127. The molecule has 2 rings (SSSR count). The number of benzene rings is 2. The predicted molar refractivity (Wildman–Crippen MR) is 128 cm³/mol. The molecule has 2 aromatic rings. The Morgan fingerprint density at radius 2 is 1.58 bits per heavy atom. The van der Waals surface area contributed by atoms with E-state index in [0.29, 0.717) is 25.8 Å². The zero-order valence-electron chi connectivity index (χ0n) is 20.0. The molecule has 0 heterocycles. The number of amides is 2. The Morgan fingerprint density at radius 1 is 0.968 bits per heavy atom. The van der Waals surface area contributed by atoms with Gasteiger partial charge in [-0.25, -0.2) is 0 Å². The van der Waals surface area contributed by atoms with Gasteiger partial charge >= 0.3 is 0 Å². The van der Waals surface area contributed by atoms with E-state index < -0.39 is 6.04 Å². The summed E-state index contributed by atoms with van der Waals surface area (Å²) >= 11 is 0. The van der Waals surface area contributed by atoms with Gasteiger partial charge in [-0.3, -0.25) is 9.59 Å². The largest absolute Gasteiger partial charge is 0.350 e. The average Bonchev–Trinajstić information content (AvgIpc) is 2.72. The maximum atomic E-state index is 13.4. The molecule has 0 aromatic heterocycles. The van der Waals surface area contributed by atoms with Crippen molar-refractivity contribution in [2.45, 2.75) is 85.4 Å². The zero-order valence-corrected chi connectivity index (χ0v) is 20.0. The van der Waals surface area contributed by atoms with Gasteiger partial charge in [-0.2, -0.15) is 0 Å². The summed E-state index contributed by atoms with van der Waals surface area (Å²) in [5.74, 6) is -0.0806. The number of nitrogens with one attached hydrogen (secondary N) is 1. The van der Waals surface area contributed by atoms with Crippen molar-refractivity contribution in [3.8, 4) is 0 Å². The average molecular weight is 423 g/mol. The van der Waals surface area contributed by atoms with E-state index >= 15 is 0 Å². The third-order valence-electron chi connectivity index (χ3n) is 5.54. The fraction of sp³-hybridized carbons (Fsp3) is 0.481. The lowest BCUT2D eigenvalue weighted by molar-refractivity contribution is -0.142. The van der Waals surface area contributed by atoms with Gasteiger partial charge in [0.15, 0.2) is 0 Å². The van der Waals surface area contributed by atoms with Crippen LogP contribution in [0.4, 0.5) is 0 Å². The van der Waals surface area contributed by atoms with Crippen LogP contribution in [-0.4, -0.2) is 28.3 Å². The van der Waals surface area contributed by atoms with Crippen LogP contribution in [0.1, 0.15) is 69.7 Å². The van der Waals surface area contributed by atoms with Crippen LogP contribution in [0.5, 0.6) is 0 Å². The van der Waals surface area contributed by atoms with E-state index in [1.807, 2.05) is 58.9 Å². The van der Waals surface area contributed by atoms with Gasteiger partial charge in [-0.1, -0.05) is 62.4 Å². The lowest BCUT2D eigenvalue weighted by atomic mass is 10.0. The lowest BCUT2D eigenvalue weighted by Crippen LogP contribution is -2.53. The van der Waals surface area contributed by atoms with Gasteiger partial charge in [-0.05, 0) is 69.2 Å². The zero-order chi connectivity index (χ0) is 23.0. The second-order valence-corrected chi connectivity index (χ2v) is 9.28. The summed E-state index contributed by atoms with van der Waals surface area (Å²) in [7, 11) is 0. The molecule has 0 unspecified atom stereocenters. The molecule has 31 heavy (non-hydrogen) atoms. The standard InChI is InChI=1S/C27H38N2O2/c1-7-21-13-15-22(16-14-21)17-18-25(30)29(19-23-12-10-9-11-20(23)3)24(8-2)26(31)28-27(4,5)6/h9-16,24H,7-8,17-19H2,1-6H3,(H,28,31)/t24-/m1/s1. The lowest BCUT2D eigenvalue weighted by Gasteiger charge is -2.33. The van der Waals surface area contributed by atoms with Crippen molar-refractivity contribution in [2.75, 3.05) is 0 Å². The fourth-order valence-electron chi connectivity index (χ4n) is 3.68. The van der Waals surface area contributed by atoms with Crippen molar-refractivity contribution in [1.82, 2.24) is 10.2 Å². The maximum absolute atomic E-state index is 13.4. The van der Waals surface area contributed by atoms with Crippen LogP contribution in [0.25, 0.3) is 0 Å². The molecule has 0 saturated heterocycles. The number of hydrogen-bond acceptors (Lipinski definition) is 2. The summed E-state index contributed by atoms with van der Waals surface area (Å²) in [4.78, 5) is 28.2. The van der Waals surface area contributed by atoms with Gasteiger partial charge in [0.2, 0.25) is 11.8 Å². The van der Waals surface area contributed by atoms with Gasteiger partial charge in [0.05, 0.1) is 0 Å². The van der Waals surface area contributed by atoms with Crippen molar-refractivity contribution >= 4 is 11.8 Å². The first-order chi connectivity index (χ1) is 14.6. The summed E-state index contributed by atoms with van der Waals surface area (Å²) in [6.45, 7) is 12.5. The molecule has 0 saturated carbocycles. The molecule has 168 valence electrons. The van der Waals surface area contributed by atoms with E-state index in [1.165, 1.54) is 5.56 Å². The SMILES string of the molecule is CCc1ccc(CCC(=O)N(Cc2ccccc2C)[C@H](CC)C(=O)NC(C)(C)C)cc1. The number of rotatable bonds is 9. The Labute approximate surface area is 188 Å². The Bertz CT molecular complexity index is 866. The second kappa shape index (κ2) is 11.1. The monoisotopic (exact) mass is 422 g/mol. The first kappa shape index (κ1) is 24.6. The van der Waals surface area contributed by atoms with Crippen molar-refractivity contribution in [3.63, 3.8) is 0 Å². The molecule has 1 atom stereocenters. The third-order valence-corrected chi connectivity index (χ3v) is 5.54. The molecule has 4 nitrogen and oxygen atoms in total. The summed E-state index contributed by atoms with van der Waals surface area (Å²) in [5.41, 5.74) is 4.30. The van der Waals surface area contributed by atoms with Crippen molar-refractivity contribution in [1.29, 1.82) is 0 Å². The summed E-state index contributed by atoms with van der Waals surface area (Å²) in [5, 5.41) is 3.06. The smallest absolute Gasteiger partial charge is 0.243 e. The van der Waals surface area contributed by atoms with E-state index in [2.05, 4.69) is 36.5 Å². The second-order valence-electron chi connectivity index (χ2n) is 9.28. The van der Waals surface area contributed by atoms with Crippen LogP contribution >= 0.6 is 0 Å². The Kier molecular flexibility index (Phi) is 8.85. The van der Waals surface area contributed by atoms with Crippen LogP contribution in [0.15, 0.2) is 48.5 Å². The molecule has 1 N–H and O–H groups in total. The van der Waals surface area contributed by atoms with E-state index in [0.717, 1.165) is 23.1 Å². The highest BCUT2D eigenvalue weighted by atomic mass is 16.2. The fourth-order valence-corrected chi connectivity index (χ4v) is 3.68. The van der Waals surface area contributed by atoms with Gasteiger partial charge in [0.25, 0.3) is 0 Å². The van der Waals surface area contributed by atoms with E-state index in [1.54, 1.807) is 4.90 Å². The highest BCUT2D eigenvalue weighted by molar-refractivity contribution is 5.88. The molecular formula is C27H38N2O2. The summed E-state index contributed by atoms with van der Waals surface area (Å²) in [6.07, 6.45) is 2.64. The highest BCUT2D eigenvalue weighted by Crippen LogP contribution is 2.18. The molecule has 2 amide bonds. The highest BCUT2D eigenvalue weighted by Gasteiger charge is 2.30. The number of carbonyl (C=O) groups excluding carboxylic acids is 2. The maximum Gasteiger partial charge on any atom is 0.243 e. The van der Waals surface area contributed by atoms with Crippen LogP contribution in [0, 0.1) is 6.92 Å². The van der Waals surface area contributed by atoms with Crippen LogP contribution < -0.4 is 5.32 Å². The summed E-state index contributed by atoms with van der Waals surface area (Å²) < 4.78 is 0. The molecule has 4 heteroatoms. The number of carbonyl (C=O) groups is 2. The molecule has 0 fully saturated rings. The Balaban J connectivity index is 2.22. The molecular weight excluding hydrogens is 384 g/mol. The van der Waals surface area contributed by atoms with E-state index in [-0.39, 0.29) is 17.4 Å². The predicted octanol–water partition coefficient (Wildman–Crippen LogP) is 5.21. The first-order valence-corrected chi connectivity index (χ1v) is 11.4. The molecule has 0 aliphatic rings. The van der Waals surface area contributed by atoms with Gasteiger partial charge in [-0.15, -0.1) is 0 Å². The van der Waals surface area contributed by atoms with Crippen LogP contribution in [-0.2, 0) is 29.0 Å². The number of nitrogens with zero attached hydrogens (tertiary/aromatic N) is 1. The molecule has 0 radical (unpaired) electrons. The van der Waals surface area contributed by atoms with Gasteiger partial charge in [0.1, 0.15) is 6.04 Å². The van der Waals surface area contributed by atoms with Crippen LogP contribution in [0.3, 0.4) is 0 Å².